The van der Waals surface area contributed by atoms with Crippen LogP contribution in [-0.2, 0) is 16.0 Å². The molecule has 9 heteroatoms. The van der Waals surface area contributed by atoms with Crippen LogP contribution in [0.2, 0.25) is 0 Å². The minimum Gasteiger partial charge on any atom is -0.354 e. The van der Waals surface area contributed by atoms with E-state index >= 15 is 0 Å². The third-order valence-corrected chi connectivity index (χ3v) is 5.58. The van der Waals surface area contributed by atoms with Gasteiger partial charge < -0.3 is 15.6 Å². The van der Waals surface area contributed by atoms with Crippen LogP contribution >= 0.6 is 0 Å². The zero-order valence-corrected chi connectivity index (χ0v) is 17.3. The van der Waals surface area contributed by atoms with E-state index in [2.05, 4.69) is 20.6 Å². The SMILES string of the molecule is Cc1c(-c2ccc(F)nc2F)[nH]c(-c2ccc(F)cc2)c1CCC(=O)NC1CCNC1=O. The number of pyridine rings is 1. The number of carbonyl (C=O) groups is 2. The van der Waals surface area contributed by atoms with Crippen molar-refractivity contribution in [2.75, 3.05) is 6.54 Å². The van der Waals surface area contributed by atoms with Gasteiger partial charge in [0.25, 0.3) is 0 Å². The van der Waals surface area contributed by atoms with Crippen molar-refractivity contribution in [2.45, 2.75) is 32.2 Å². The highest BCUT2D eigenvalue weighted by atomic mass is 19.1. The Morgan fingerprint density at radius 3 is 2.53 bits per heavy atom. The van der Waals surface area contributed by atoms with Gasteiger partial charge in [-0.3, -0.25) is 9.59 Å². The molecule has 1 aliphatic heterocycles. The third-order valence-electron chi connectivity index (χ3n) is 5.58. The third kappa shape index (κ3) is 4.37. The summed E-state index contributed by atoms with van der Waals surface area (Å²) in [6.07, 6.45) is 0.932. The molecule has 4 rings (SSSR count). The van der Waals surface area contributed by atoms with E-state index in [9.17, 15) is 22.8 Å². The summed E-state index contributed by atoms with van der Waals surface area (Å²) >= 11 is 0. The molecule has 3 aromatic rings. The number of amides is 2. The van der Waals surface area contributed by atoms with Crippen molar-refractivity contribution in [2.24, 2.45) is 0 Å². The van der Waals surface area contributed by atoms with Crippen molar-refractivity contribution < 1.29 is 22.8 Å². The lowest BCUT2D eigenvalue weighted by atomic mass is 9.99. The fourth-order valence-electron chi connectivity index (χ4n) is 3.91. The number of aromatic nitrogens is 2. The molecule has 0 spiro atoms. The van der Waals surface area contributed by atoms with Gasteiger partial charge in [0.15, 0.2) is 0 Å². The molecule has 0 aliphatic carbocycles. The van der Waals surface area contributed by atoms with Gasteiger partial charge in [0.05, 0.1) is 11.3 Å². The summed E-state index contributed by atoms with van der Waals surface area (Å²) in [6, 6.07) is 7.59. The minimum atomic E-state index is -0.962. The summed E-state index contributed by atoms with van der Waals surface area (Å²) in [7, 11) is 0. The second kappa shape index (κ2) is 8.86. The molecule has 0 radical (unpaired) electrons. The molecule has 1 aliphatic rings. The number of H-pyrrole nitrogens is 1. The monoisotopic (exact) mass is 442 g/mol. The quantitative estimate of drug-likeness (QED) is 0.512. The normalized spacial score (nSPS) is 15.6. The molecule has 0 bridgehead atoms. The van der Waals surface area contributed by atoms with Crippen LogP contribution < -0.4 is 10.6 Å². The largest absolute Gasteiger partial charge is 0.354 e. The molecule has 2 amide bonds. The Balaban J connectivity index is 1.66. The molecule has 2 aromatic heterocycles. The standard InChI is InChI=1S/C23H21F3N4O2/c1-12-15(7-9-19(31)28-17-10-11-27-23(17)32)21(13-2-4-14(24)5-3-13)30-20(12)16-6-8-18(25)29-22(16)26/h2-6,8,17,30H,7,9-11H2,1H3,(H,27,32)(H,28,31). The summed E-state index contributed by atoms with van der Waals surface area (Å²) in [5, 5.41) is 5.38. The van der Waals surface area contributed by atoms with Gasteiger partial charge in [-0.2, -0.15) is 13.8 Å². The Kier molecular flexibility index (Phi) is 5.98. The van der Waals surface area contributed by atoms with Crippen molar-refractivity contribution in [1.29, 1.82) is 0 Å². The van der Waals surface area contributed by atoms with Gasteiger partial charge in [-0.05, 0) is 72.9 Å². The lowest BCUT2D eigenvalue weighted by Crippen LogP contribution is -2.40. The van der Waals surface area contributed by atoms with Gasteiger partial charge in [-0.1, -0.05) is 0 Å². The zero-order valence-electron chi connectivity index (χ0n) is 17.3. The highest BCUT2D eigenvalue weighted by Crippen LogP contribution is 2.35. The number of nitrogens with zero attached hydrogens (tertiary/aromatic N) is 1. The molecule has 3 N–H and O–H groups in total. The lowest BCUT2D eigenvalue weighted by Gasteiger charge is -2.11. The van der Waals surface area contributed by atoms with Gasteiger partial charge in [0.2, 0.25) is 23.7 Å². The Morgan fingerprint density at radius 1 is 1.12 bits per heavy atom. The van der Waals surface area contributed by atoms with Crippen LogP contribution in [0.4, 0.5) is 13.2 Å². The zero-order chi connectivity index (χ0) is 22.8. The number of carbonyl (C=O) groups excluding carboxylic acids is 2. The molecular formula is C23H21F3N4O2. The van der Waals surface area contributed by atoms with Crippen LogP contribution in [-0.4, -0.2) is 34.4 Å². The number of rotatable bonds is 6. The number of nitrogens with one attached hydrogen (secondary N) is 3. The van der Waals surface area contributed by atoms with E-state index in [1.807, 2.05) is 0 Å². The summed E-state index contributed by atoms with van der Waals surface area (Å²) in [6.45, 7) is 2.29. The smallest absolute Gasteiger partial charge is 0.242 e. The second-order valence-electron chi connectivity index (χ2n) is 7.66. The highest BCUT2D eigenvalue weighted by molar-refractivity contribution is 5.89. The van der Waals surface area contributed by atoms with Gasteiger partial charge in [0, 0.05) is 18.7 Å². The predicted molar refractivity (Wildman–Crippen MR) is 112 cm³/mol. The van der Waals surface area contributed by atoms with E-state index in [0.717, 1.165) is 11.6 Å². The number of benzene rings is 1. The summed E-state index contributed by atoms with van der Waals surface area (Å²) in [4.78, 5) is 30.5. The van der Waals surface area contributed by atoms with Crippen molar-refractivity contribution in [1.82, 2.24) is 20.6 Å². The molecular weight excluding hydrogens is 421 g/mol. The lowest BCUT2D eigenvalue weighted by molar-refractivity contribution is -0.127. The first-order chi connectivity index (χ1) is 15.3. The molecule has 3 heterocycles. The maximum Gasteiger partial charge on any atom is 0.242 e. The van der Waals surface area contributed by atoms with Crippen LogP contribution in [0.15, 0.2) is 36.4 Å². The molecule has 166 valence electrons. The molecule has 1 fully saturated rings. The maximum atomic E-state index is 14.4. The Hall–Kier alpha value is -3.62. The second-order valence-corrected chi connectivity index (χ2v) is 7.66. The predicted octanol–water partition coefficient (Wildman–Crippen LogP) is 3.41. The van der Waals surface area contributed by atoms with Crippen molar-refractivity contribution in [3.8, 4) is 22.5 Å². The highest BCUT2D eigenvalue weighted by Gasteiger charge is 2.26. The van der Waals surface area contributed by atoms with Gasteiger partial charge in [0.1, 0.15) is 11.9 Å². The first kappa shape index (κ1) is 21.6. The van der Waals surface area contributed by atoms with Crippen LogP contribution in [0.5, 0.6) is 0 Å². The Labute approximate surface area is 182 Å². The molecule has 32 heavy (non-hydrogen) atoms. The minimum absolute atomic E-state index is 0.0885. The molecule has 6 nitrogen and oxygen atoms in total. The van der Waals surface area contributed by atoms with E-state index < -0.39 is 23.8 Å². The van der Waals surface area contributed by atoms with E-state index in [0.29, 0.717) is 41.9 Å². The Bertz CT molecular complexity index is 1170. The fourth-order valence-corrected chi connectivity index (χ4v) is 3.91. The van der Waals surface area contributed by atoms with Crippen LogP contribution in [0.25, 0.3) is 22.5 Å². The number of halogens is 3. The number of aromatic amines is 1. The summed E-state index contributed by atoms with van der Waals surface area (Å²) in [5.41, 5.74) is 3.16. The molecule has 1 atom stereocenters. The molecule has 1 saturated heterocycles. The molecule has 1 aromatic carbocycles. The van der Waals surface area contributed by atoms with Crippen molar-refractivity contribution in [3.05, 3.63) is 65.2 Å². The average molecular weight is 442 g/mol. The fraction of sp³-hybridized carbons (Fsp3) is 0.261. The Morgan fingerprint density at radius 2 is 1.88 bits per heavy atom. The van der Waals surface area contributed by atoms with Gasteiger partial charge >= 0.3 is 0 Å². The topological polar surface area (TPSA) is 86.9 Å². The van der Waals surface area contributed by atoms with E-state index in [4.69, 9.17) is 0 Å². The van der Waals surface area contributed by atoms with Gasteiger partial charge in [-0.15, -0.1) is 0 Å². The first-order valence-electron chi connectivity index (χ1n) is 10.2. The van der Waals surface area contributed by atoms with E-state index in [1.54, 1.807) is 19.1 Å². The van der Waals surface area contributed by atoms with Crippen molar-refractivity contribution in [3.63, 3.8) is 0 Å². The van der Waals surface area contributed by atoms with Crippen LogP contribution in [0, 0.1) is 24.6 Å². The first-order valence-corrected chi connectivity index (χ1v) is 10.2. The van der Waals surface area contributed by atoms with Crippen LogP contribution in [0.3, 0.4) is 0 Å². The average Bonchev–Trinajstić information content (AvgIpc) is 3.30. The maximum absolute atomic E-state index is 14.4. The molecule has 0 saturated carbocycles. The van der Waals surface area contributed by atoms with Gasteiger partial charge in [-0.25, -0.2) is 4.39 Å². The molecule has 1 unspecified atom stereocenters. The van der Waals surface area contributed by atoms with E-state index in [-0.39, 0.29) is 23.8 Å². The van der Waals surface area contributed by atoms with Crippen LogP contribution in [0.1, 0.15) is 24.0 Å². The number of hydrogen-bond acceptors (Lipinski definition) is 3. The number of hydrogen-bond donors (Lipinski definition) is 3. The van der Waals surface area contributed by atoms with E-state index in [1.165, 1.54) is 18.2 Å². The summed E-state index contributed by atoms with van der Waals surface area (Å²) in [5.74, 6) is -2.78. The summed E-state index contributed by atoms with van der Waals surface area (Å²) < 4.78 is 41.1. The van der Waals surface area contributed by atoms with Crippen molar-refractivity contribution >= 4 is 11.8 Å².